The molecule has 1 aliphatic heterocycles. The number of esters is 2. The van der Waals surface area contributed by atoms with Crippen molar-refractivity contribution in [3.05, 3.63) is 0 Å². The van der Waals surface area contributed by atoms with Gasteiger partial charge in [-0.25, -0.2) is 0 Å². The van der Waals surface area contributed by atoms with E-state index in [1.165, 1.54) is 0 Å². The van der Waals surface area contributed by atoms with Crippen LogP contribution in [0.15, 0.2) is 0 Å². The van der Waals surface area contributed by atoms with Crippen LogP contribution in [0.5, 0.6) is 0 Å². The van der Waals surface area contributed by atoms with E-state index in [-0.39, 0.29) is 12.8 Å². The first-order valence-electron chi connectivity index (χ1n) is 3.07. The van der Waals surface area contributed by atoms with Crippen molar-refractivity contribution in [3.63, 3.8) is 0 Å². The number of rotatable bonds is 1. The Hall–Kier alpha value is -1.14. The standard InChI is InChI=1S/C5H8N2O4/c6-7-5-10-3(8)1-2-4(9)11-5/h5,7H,1-2,6H2. The van der Waals surface area contributed by atoms with Crippen molar-refractivity contribution >= 4 is 11.9 Å². The van der Waals surface area contributed by atoms with Crippen LogP contribution in [-0.4, -0.2) is 18.4 Å². The summed E-state index contributed by atoms with van der Waals surface area (Å²) >= 11 is 0. The number of ether oxygens (including phenoxy) is 2. The monoisotopic (exact) mass is 160 g/mol. The maximum Gasteiger partial charge on any atom is 0.319 e. The van der Waals surface area contributed by atoms with E-state index < -0.39 is 18.4 Å². The molecule has 0 aromatic rings. The van der Waals surface area contributed by atoms with Gasteiger partial charge in [-0.2, -0.15) is 5.43 Å². The molecule has 1 fully saturated rings. The molecule has 0 aromatic carbocycles. The van der Waals surface area contributed by atoms with E-state index >= 15 is 0 Å². The van der Waals surface area contributed by atoms with Crippen LogP contribution in [-0.2, 0) is 19.1 Å². The maximum absolute atomic E-state index is 10.6. The maximum atomic E-state index is 10.6. The lowest BCUT2D eigenvalue weighted by Crippen LogP contribution is -2.40. The van der Waals surface area contributed by atoms with Crippen LogP contribution in [0.4, 0.5) is 0 Å². The first-order chi connectivity index (χ1) is 5.22. The average molecular weight is 160 g/mol. The second kappa shape index (κ2) is 3.31. The summed E-state index contributed by atoms with van der Waals surface area (Å²) in [5, 5.41) is 0. The minimum Gasteiger partial charge on any atom is -0.410 e. The zero-order valence-electron chi connectivity index (χ0n) is 5.70. The molecule has 6 nitrogen and oxygen atoms in total. The largest absolute Gasteiger partial charge is 0.410 e. The fourth-order valence-electron chi connectivity index (χ4n) is 0.653. The molecule has 1 heterocycles. The highest BCUT2D eigenvalue weighted by molar-refractivity contribution is 5.79. The number of hydrogen-bond donors (Lipinski definition) is 2. The van der Waals surface area contributed by atoms with Crippen molar-refractivity contribution in [1.82, 2.24) is 5.43 Å². The molecule has 62 valence electrons. The van der Waals surface area contributed by atoms with E-state index in [1.54, 1.807) is 0 Å². The predicted molar refractivity (Wildman–Crippen MR) is 32.5 cm³/mol. The molecule has 6 heteroatoms. The van der Waals surface area contributed by atoms with Crippen molar-refractivity contribution in [3.8, 4) is 0 Å². The molecule has 0 aromatic heterocycles. The second-order valence-corrected chi connectivity index (χ2v) is 1.98. The highest BCUT2D eigenvalue weighted by atomic mass is 16.7. The zero-order valence-corrected chi connectivity index (χ0v) is 5.70. The van der Waals surface area contributed by atoms with Crippen molar-refractivity contribution in [2.24, 2.45) is 5.84 Å². The van der Waals surface area contributed by atoms with Gasteiger partial charge in [0.1, 0.15) is 0 Å². The first kappa shape index (κ1) is 7.96. The van der Waals surface area contributed by atoms with Crippen molar-refractivity contribution in [2.75, 3.05) is 0 Å². The van der Waals surface area contributed by atoms with Gasteiger partial charge in [-0.05, 0) is 0 Å². The summed E-state index contributed by atoms with van der Waals surface area (Å²) in [7, 11) is 0. The predicted octanol–water partition coefficient (Wildman–Crippen LogP) is -1.39. The highest BCUT2D eigenvalue weighted by Gasteiger charge is 2.22. The third-order valence-corrected chi connectivity index (χ3v) is 1.15. The molecule has 1 saturated heterocycles. The summed E-state index contributed by atoms with van der Waals surface area (Å²) in [5.74, 6) is 3.89. The lowest BCUT2D eigenvalue weighted by Gasteiger charge is -2.12. The molecule has 0 aliphatic carbocycles. The SMILES string of the molecule is NNC1OC(=O)CCC(=O)O1. The fraction of sp³-hybridized carbons (Fsp3) is 0.600. The Labute approximate surface area is 62.6 Å². The van der Waals surface area contributed by atoms with E-state index in [2.05, 4.69) is 9.47 Å². The minimum atomic E-state index is -1.14. The lowest BCUT2D eigenvalue weighted by molar-refractivity contribution is -0.186. The average Bonchev–Trinajstić information content (AvgIpc) is 2.13. The molecule has 0 bridgehead atoms. The molecular weight excluding hydrogens is 152 g/mol. The van der Waals surface area contributed by atoms with Gasteiger partial charge in [0, 0.05) is 0 Å². The van der Waals surface area contributed by atoms with Crippen molar-refractivity contribution in [1.29, 1.82) is 0 Å². The highest BCUT2D eigenvalue weighted by Crippen LogP contribution is 2.05. The number of hydrazine groups is 1. The molecular formula is C5H8N2O4. The van der Waals surface area contributed by atoms with Gasteiger partial charge < -0.3 is 9.47 Å². The van der Waals surface area contributed by atoms with Crippen LogP contribution in [0.3, 0.4) is 0 Å². The Morgan fingerprint density at radius 1 is 1.27 bits per heavy atom. The van der Waals surface area contributed by atoms with E-state index in [4.69, 9.17) is 5.84 Å². The van der Waals surface area contributed by atoms with Gasteiger partial charge in [0.2, 0.25) is 0 Å². The van der Waals surface area contributed by atoms with Crippen molar-refractivity contribution in [2.45, 2.75) is 19.3 Å². The van der Waals surface area contributed by atoms with Gasteiger partial charge in [0.05, 0.1) is 12.8 Å². The lowest BCUT2D eigenvalue weighted by atomic mass is 10.3. The van der Waals surface area contributed by atoms with E-state index in [0.29, 0.717) is 0 Å². The molecule has 0 amide bonds. The van der Waals surface area contributed by atoms with Crippen LogP contribution >= 0.6 is 0 Å². The number of carbonyl (C=O) groups excluding carboxylic acids is 2. The van der Waals surface area contributed by atoms with Crippen molar-refractivity contribution < 1.29 is 19.1 Å². The van der Waals surface area contributed by atoms with Gasteiger partial charge in [0.25, 0.3) is 0 Å². The van der Waals surface area contributed by atoms with E-state index in [0.717, 1.165) is 0 Å². The molecule has 0 saturated carbocycles. The van der Waals surface area contributed by atoms with Gasteiger partial charge >= 0.3 is 18.4 Å². The molecule has 1 rings (SSSR count). The summed E-state index contributed by atoms with van der Waals surface area (Å²) in [6, 6.07) is 0. The Balaban J connectivity index is 2.54. The van der Waals surface area contributed by atoms with Gasteiger partial charge in [-0.3, -0.25) is 15.4 Å². The number of hydrogen-bond acceptors (Lipinski definition) is 6. The van der Waals surface area contributed by atoms with Crippen LogP contribution in [0.1, 0.15) is 12.8 Å². The number of nitrogens with two attached hydrogens (primary N) is 1. The summed E-state index contributed by atoms with van der Waals surface area (Å²) in [4.78, 5) is 21.3. The second-order valence-electron chi connectivity index (χ2n) is 1.98. The molecule has 11 heavy (non-hydrogen) atoms. The van der Waals surface area contributed by atoms with Crippen LogP contribution in [0.25, 0.3) is 0 Å². The summed E-state index contributed by atoms with van der Waals surface area (Å²) < 4.78 is 9.03. The third-order valence-electron chi connectivity index (χ3n) is 1.15. The zero-order chi connectivity index (χ0) is 8.27. The molecule has 0 atom stereocenters. The Morgan fingerprint density at radius 2 is 1.73 bits per heavy atom. The Bertz CT molecular complexity index is 163. The minimum absolute atomic E-state index is 0.0387. The summed E-state index contributed by atoms with van der Waals surface area (Å²) in [6.07, 6.45) is -1.06. The molecule has 1 aliphatic rings. The van der Waals surface area contributed by atoms with E-state index in [9.17, 15) is 9.59 Å². The van der Waals surface area contributed by atoms with Gasteiger partial charge in [0.15, 0.2) is 0 Å². The van der Waals surface area contributed by atoms with Crippen LogP contribution in [0, 0.1) is 0 Å². The molecule has 3 N–H and O–H groups in total. The topological polar surface area (TPSA) is 90.6 Å². The fourth-order valence-corrected chi connectivity index (χ4v) is 0.653. The first-order valence-corrected chi connectivity index (χ1v) is 3.07. The Morgan fingerprint density at radius 3 is 2.09 bits per heavy atom. The summed E-state index contributed by atoms with van der Waals surface area (Å²) in [5.41, 5.74) is 2.02. The Kier molecular flexibility index (Phi) is 2.40. The number of cyclic esters (lactones) is 2. The number of carbonyl (C=O) groups is 2. The normalized spacial score (nSPS) is 20.5. The van der Waals surface area contributed by atoms with Gasteiger partial charge in [-0.15, -0.1) is 0 Å². The van der Waals surface area contributed by atoms with E-state index in [1.807, 2.05) is 5.43 Å². The van der Waals surface area contributed by atoms with Crippen LogP contribution < -0.4 is 11.3 Å². The smallest absolute Gasteiger partial charge is 0.319 e. The van der Waals surface area contributed by atoms with Crippen LogP contribution in [0.2, 0.25) is 0 Å². The molecule has 0 unspecified atom stereocenters. The molecule has 0 spiro atoms. The quantitative estimate of drug-likeness (QED) is 0.279. The van der Waals surface area contributed by atoms with Gasteiger partial charge in [-0.1, -0.05) is 0 Å². The number of nitrogens with one attached hydrogen (secondary N) is 1. The summed E-state index contributed by atoms with van der Waals surface area (Å²) in [6.45, 7) is 0. The molecule has 0 radical (unpaired) electrons. The third kappa shape index (κ3) is 2.17.